The third kappa shape index (κ3) is 4.79. The lowest BCUT2D eigenvalue weighted by atomic mass is 9.85. The van der Waals surface area contributed by atoms with E-state index >= 15 is 0 Å². The molecule has 1 amide bonds. The quantitative estimate of drug-likeness (QED) is 0.806. The predicted molar refractivity (Wildman–Crippen MR) is 103 cm³/mol. The standard InChI is InChI=1S/C20H28N4O4/c1-5-27-18(25)14-9-10-16-22-23-17(24(16)12-14)13-7-6-8-15(11-13)21-19(26)28-20(2,3)4/h9-10,12-13,15H,5-8,11H2,1-4H3,(H,21,26)/t13-,15+/m0/s1. The highest BCUT2D eigenvalue weighted by molar-refractivity contribution is 5.89. The minimum absolute atomic E-state index is 0.0224. The lowest BCUT2D eigenvalue weighted by Gasteiger charge is -2.30. The van der Waals surface area contributed by atoms with Crippen molar-refractivity contribution in [1.82, 2.24) is 19.9 Å². The Labute approximate surface area is 164 Å². The Morgan fingerprint density at radius 2 is 2.04 bits per heavy atom. The maximum atomic E-state index is 12.1. The van der Waals surface area contributed by atoms with Gasteiger partial charge < -0.3 is 14.8 Å². The Hall–Kier alpha value is -2.64. The number of amides is 1. The van der Waals surface area contributed by atoms with Crippen molar-refractivity contribution in [2.75, 3.05) is 6.61 Å². The van der Waals surface area contributed by atoms with Crippen molar-refractivity contribution in [3.05, 3.63) is 29.7 Å². The van der Waals surface area contributed by atoms with Crippen molar-refractivity contribution < 1.29 is 19.1 Å². The molecule has 2 heterocycles. The van der Waals surface area contributed by atoms with Crippen LogP contribution in [0.4, 0.5) is 4.79 Å². The number of nitrogens with zero attached hydrogens (tertiary/aromatic N) is 3. The van der Waals surface area contributed by atoms with E-state index in [9.17, 15) is 9.59 Å². The number of rotatable bonds is 4. The summed E-state index contributed by atoms with van der Waals surface area (Å²) >= 11 is 0. The largest absolute Gasteiger partial charge is 0.462 e. The van der Waals surface area contributed by atoms with E-state index in [0.717, 1.165) is 31.5 Å². The van der Waals surface area contributed by atoms with Gasteiger partial charge in [-0.2, -0.15) is 0 Å². The van der Waals surface area contributed by atoms with E-state index in [1.54, 1.807) is 25.3 Å². The second-order valence-electron chi connectivity index (χ2n) is 8.13. The van der Waals surface area contributed by atoms with Crippen LogP contribution in [0.25, 0.3) is 5.65 Å². The zero-order valence-corrected chi connectivity index (χ0v) is 16.9. The number of hydrogen-bond acceptors (Lipinski definition) is 6. The second-order valence-corrected chi connectivity index (χ2v) is 8.13. The molecule has 28 heavy (non-hydrogen) atoms. The Bertz CT molecular complexity index is 855. The minimum atomic E-state index is -0.523. The van der Waals surface area contributed by atoms with E-state index < -0.39 is 11.7 Å². The van der Waals surface area contributed by atoms with Gasteiger partial charge in [0.05, 0.1) is 12.2 Å². The third-order valence-electron chi connectivity index (χ3n) is 4.70. The highest BCUT2D eigenvalue weighted by Crippen LogP contribution is 2.32. The van der Waals surface area contributed by atoms with Crippen LogP contribution in [0.5, 0.6) is 0 Å². The van der Waals surface area contributed by atoms with E-state index in [1.807, 2.05) is 25.2 Å². The lowest BCUT2D eigenvalue weighted by Crippen LogP contribution is -2.41. The first kappa shape index (κ1) is 20.1. The Morgan fingerprint density at radius 1 is 1.25 bits per heavy atom. The third-order valence-corrected chi connectivity index (χ3v) is 4.70. The fourth-order valence-electron chi connectivity index (χ4n) is 3.55. The Morgan fingerprint density at radius 3 is 2.75 bits per heavy atom. The molecule has 0 aromatic carbocycles. The molecule has 0 radical (unpaired) electrons. The van der Waals surface area contributed by atoms with Crippen molar-refractivity contribution in [3.8, 4) is 0 Å². The van der Waals surface area contributed by atoms with Gasteiger partial charge in [0.25, 0.3) is 0 Å². The van der Waals surface area contributed by atoms with E-state index in [-0.39, 0.29) is 17.9 Å². The van der Waals surface area contributed by atoms with Crippen LogP contribution in [0.2, 0.25) is 0 Å². The number of esters is 1. The molecule has 0 unspecified atom stereocenters. The Balaban J connectivity index is 1.75. The van der Waals surface area contributed by atoms with Gasteiger partial charge >= 0.3 is 12.1 Å². The molecule has 152 valence electrons. The molecular formula is C20H28N4O4. The van der Waals surface area contributed by atoms with Gasteiger partial charge in [-0.3, -0.25) is 4.40 Å². The molecule has 1 aliphatic carbocycles. The first-order chi connectivity index (χ1) is 13.3. The summed E-state index contributed by atoms with van der Waals surface area (Å²) in [5.74, 6) is 0.579. The molecule has 0 saturated heterocycles. The van der Waals surface area contributed by atoms with Gasteiger partial charge in [-0.25, -0.2) is 9.59 Å². The molecule has 8 nitrogen and oxygen atoms in total. The summed E-state index contributed by atoms with van der Waals surface area (Å²) in [5, 5.41) is 11.5. The molecule has 1 aliphatic rings. The molecule has 3 rings (SSSR count). The molecule has 0 bridgehead atoms. The molecule has 2 atom stereocenters. The SMILES string of the molecule is CCOC(=O)c1ccc2nnc([C@H]3CCC[C@@H](NC(=O)OC(C)(C)C)C3)n2c1. The van der Waals surface area contributed by atoms with Crippen molar-refractivity contribution in [3.63, 3.8) is 0 Å². The fourth-order valence-corrected chi connectivity index (χ4v) is 3.55. The van der Waals surface area contributed by atoms with Gasteiger partial charge in [-0.15, -0.1) is 10.2 Å². The highest BCUT2D eigenvalue weighted by Gasteiger charge is 2.29. The van der Waals surface area contributed by atoms with Gasteiger partial charge in [0.1, 0.15) is 11.4 Å². The average Bonchev–Trinajstić information content (AvgIpc) is 3.03. The molecular weight excluding hydrogens is 360 g/mol. The van der Waals surface area contributed by atoms with Crippen molar-refractivity contribution in [2.24, 2.45) is 0 Å². The molecule has 2 aromatic rings. The first-order valence-corrected chi connectivity index (χ1v) is 9.78. The maximum Gasteiger partial charge on any atom is 0.407 e. The number of aromatic nitrogens is 3. The number of nitrogens with one attached hydrogen (secondary N) is 1. The summed E-state index contributed by atoms with van der Waals surface area (Å²) in [7, 11) is 0. The van der Waals surface area contributed by atoms with Gasteiger partial charge in [0.15, 0.2) is 5.65 Å². The summed E-state index contributed by atoms with van der Waals surface area (Å²) in [6.45, 7) is 7.65. The van der Waals surface area contributed by atoms with Crippen LogP contribution in [-0.4, -0.2) is 44.9 Å². The molecule has 8 heteroatoms. The summed E-state index contributed by atoms with van der Waals surface area (Å²) in [4.78, 5) is 24.1. The van der Waals surface area contributed by atoms with Crippen LogP contribution < -0.4 is 5.32 Å². The summed E-state index contributed by atoms with van der Waals surface area (Å²) < 4.78 is 12.3. The first-order valence-electron chi connectivity index (χ1n) is 9.78. The topological polar surface area (TPSA) is 94.8 Å². The van der Waals surface area contributed by atoms with E-state index in [2.05, 4.69) is 15.5 Å². The van der Waals surface area contributed by atoms with Crippen LogP contribution >= 0.6 is 0 Å². The highest BCUT2D eigenvalue weighted by atomic mass is 16.6. The number of hydrogen-bond donors (Lipinski definition) is 1. The van der Waals surface area contributed by atoms with Gasteiger partial charge in [-0.05, 0) is 59.1 Å². The number of fused-ring (bicyclic) bond motifs is 1. The molecule has 1 saturated carbocycles. The van der Waals surface area contributed by atoms with Crippen LogP contribution in [-0.2, 0) is 9.47 Å². The summed E-state index contributed by atoms with van der Waals surface area (Å²) in [5.41, 5.74) is 0.630. The molecule has 0 spiro atoms. The van der Waals surface area contributed by atoms with Crippen molar-refractivity contribution in [1.29, 1.82) is 0 Å². The number of alkyl carbamates (subject to hydrolysis) is 1. The minimum Gasteiger partial charge on any atom is -0.462 e. The van der Waals surface area contributed by atoms with Gasteiger partial charge in [0, 0.05) is 18.2 Å². The molecule has 1 N–H and O–H groups in total. The van der Waals surface area contributed by atoms with Crippen LogP contribution in [0.1, 0.15) is 75.5 Å². The number of carbonyl (C=O) groups excluding carboxylic acids is 2. The number of carbonyl (C=O) groups is 2. The van der Waals surface area contributed by atoms with E-state index in [1.165, 1.54) is 0 Å². The normalized spacial score (nSPS) is 20.0. The number of pyridine rings is 1. The lowest BCUT2D eigenvalue weighted by molar-refractivity contribution is 0.0486. The van der Waals surface area contributed by atoms with Gasteiger partial charge in [-0.1, -0.05) is 6.42 Å². The fraction of sp³-hybridized carbons (Fsp3) is 0.600. The Kier molecular flexibility index (Phi) is 5.86. The van der Waals surface area contributed by atoms with Crippen LogP contribution in [0.15, 0.2) is 18.3 Å². The molecule has 0 aliphatic heterocycles. The van der Waals surface area contributed by atoms with E-state index in [0.29, 0.717) is 17.8 Å². The zero-order valence-electron chi connectivity index (χ0n) is 16.9. The monoisotopic (exact) mass is 388 g/mol. The number of ether oxygens (including phenoxy) is 2. The van der Waals surface area contributed by atoms with Gasteiger partial charge in [0.2, 0.25) is 0 Å². The summed E-state index contributed by atoms with van der Waals surface area (Å²) in [6, 6.07) is 3.48. The predicted octanol–water partition coefficient (Wildman–Crippen LogP) is 3.46. The van der Waals surface area contributed by atoms with Crippen molar-refractivity contribution in [2.45, 2.75) is 70.9 Å². The summed E-state index contributed by atoms with van der Waals surface area (Å²) in [6.07, 6.45) is 4.92. The molecule has 2 aromatic heterocycles. The average molecular weight is 388 g/mol. The smallest absolute Gasteiger partial charge is 0.407 e. The van der Waals surface area contributed by atoms with Crippen LogP contribution in [0.3, 0.4) is 0 Å². The van der Waals surface area contributed by atoms with Crippen molar-refractivity contribution >= 4 is 17.7 Å². The maximum absolute atomic E-state index is 12.1. The zero-order chi connectivity index (χ0) is 20.3. The van der Waals surface area contributed by atoms with Crippen LogP contribution in [0, 0.1) is 0 Å². The van der Waals surface area contributed by atoms with E-state index in [4.69, 9.17) is 9.47 Å². The molecule has 1 fully saturated rings. The second kappa shape index (κ2) is 8.16.